The third-order valence-corrected chi connectivity index (χ3v) is 5.92. The molecule has 0 aliphatic carbocycles. The Morgan fingerprint density at radius 1 is 1.00 bits per heavy atom. The Labute approximate surface area is 198 Å². The van der Waals surface area contributed by atoms with Gasteiger partial charge >= 0.3 is 0 Å². The van der Waals surface area contributed by atoms with E-state index in [1.54, 1.807) is 25.3 Å². The van der Waals surface area contributed by atoms with Crippen LogP contribution in [0.4, 0.5) is 5.69 Å². The van der Waals surface area contributed by atoms with Crippen LogP contribution in [-0.4, -0.2) is 35.7 Å². The lowest BCUT2D eigenvalue weighted by Gasteiger charge is -2.17. The maximum atomic E-state index is 12.8. The molecule has 1 aromatic heterocycles. The van der Waals surface area contributed by atoms with E-state index in [4.69, 9.17) is 4.74 Å². The molecule has 1 amide bonds. The Balaban J connectivity index is 1.80. The van der Waals surface area contributed by atoms with Gasteiger partial charge in [0, 0.05) is 61.3 Å². The SMILES string of the molecule is COCCNC(=O)C[C@@H](c1ccccc1[N+](=O)[O-])c1cn(Cc2ccccc2)c2ccccc12. The topological polar surface area (TPSA) is 86.4 Å². The fourth-order valence-corrected chi connectivity index (χ4v) is 4.35. The van der Waals surface area contributed by atoms with Gasteiger partial charge < -0.3 is 14.6 Å². The number of methoxy groups -OCH3 is 1. The number of nitro groups is 1. The summed E-state index contributed by atoms with van der Waals surface area (Å²) < 4.78 is 7.17. The summed E-state index contributed by atoms with van der Waals surface area (Å²) in [5.74, 6) is -0.661. The lowest BCUT2D eigenvalue weighted by atomic mass is 9.87. The highest BCUT2D eigenvalue weighted by molar-refractivity contribution is 5.87. The van der Waals surface area contributed by atoms with Crippen LogP contribution in [-0.2, 0) is 16.1 Å². The van der Waals surface area contributed by atoms with Crippen molar-refractivity contribution < 1.29 is 14.5 Å². The normalized spacial score (nSPS) is 11.9. The number of hydrogen-bond donors (Lipinski definition) is 1. The van der Waals surface area contributed by atoms with Crippen molar-refractivity contribution in [2.75, 3.05) is 20.3 Å². The van der Waals surface area contributed by atoms with Crippen molar-refractivity contribution in [3.8, 4) is 0 Å². The van der Waals surface area contributed by atoms with Gasteiger partial charge in [-0.2, -0.15) is 0 Å². The second-order valence-electron chi connectivity index (χ2n) is 8.13. The zero-order valence-corrected chi connectivity index (χ0v) is 19.0. The van der Waals surface area contributed by atoms with Gasteiger partial charge in [0.05, 0.1) is 11.5 Å². The largest absolute Gasteiger partial charge is 0.383 e. The molecular weight excluding hydrogens is 430 g/mol. The van der Waals surface area contributed by atoms with Crippen LogP contribution in [0.15, 0.2) is 85.1 Å². The highest BCUT2D eigenvalue weighted by atomic mass is 16.6. The number of carbonyl (C=O) groups is 1. The molecule has 4 aromatic rings. The van der Waals surface area contributed by atoms with E-state index in [2.05, 4.69) is 22.0 Å². The number of hydrogen-bond acceptors (Lipinski definition) is 4. The van der Waals surface area contributed by atoms with Crippen LogP contribution in [0.25, 0.3) is 10.9 Å². The second-order valence-corrected chi connectivity index (χ2v) is 8.13. The molecule has 0 aliphatic rings. The van der Waals surface area contributed by atoms with E-state index >= 15 is 0 Å². The molecule has 1 N–H and O–H groups in total. The standard InChI is InChI=1S/C27H27N3O4/c1-34-16-15-28-27(31)17-23(21-11-6-8-14-26(21)30(32)33)24-19-29(18-20-9-3-2-4-10-20)25-13-7-5-12-22(24)25/h2-14,19,23H,15-18H2,1H3,(H,28,31)/t23-/m0/s1. The average Bonchev–Trinajstić information content (AvgIpc) is 3.21. The minimum Gasteiger partial charge on any atom is -0.383 e. The van der Waals surface area contributed by atoms with E-state index in [-0.39, 0.29) is 22.9 Å². The Hall–Kier alpha value is -3.97. The number of amides is 1. The fourth-order valence-electron chi connectivity index (χ4n) is 4.35. The van der Waals surface area contributed by atoms with Crippen LogP contribution in [0.1, 0.15) is 29.0 Å². The van der Waals surface area contributed by atoms with Gasteiger partial charge in [-0.05, 0) is 17.2 Å². The van der Waals surface area contributed by atoms with Crippen molar-refractivity contribution in [2.45, 2.75) is 18.9 Å². The number of carbonyl (C=O) groups excluding carboxylic acids is 1. The molecule has 0 unspecified atom stereocenters. The quantitative estimate of drug-likeness (QED) is 0.209. The number of fused-ring (bicyclic) bond motifs is 1. The predicted octanol–water partition coefficient (Wildman–Crippen LogP) is 4.88. The van der Waals surface area contributed by atoms with Crippen LogP contribution < -0.4 is 5.32 Å². The lowest BCUT2D eigenvalue weighted by molar-refractivity contribution is -0.385. The molecule has 7 nitrogen and oxygen atoms in total. The summed E-state index contributed by atoms with van der Waals surface area (Å²) >= 11 is 0. The zero-order valence-electron chi connectivity index (χ0n) is 19.0. The Morgan fingerprint density at radius 2 is 1.71 bits per heavy atom. The average molecular weight is 458 g/mol. The van der Waals surface area contributed by atoms with Crippen LogP contribution in [0.5, 0.6) is 0 Å². The first kappa shape index (κ1) is 23.2. The van der Waals surface area contributed by atoms with Crippen LogP contribution >= 0.6 is 0 Å². The van der Waals surface area contributed by atoms with Crippen molar-refractivity contribution in [2.24, 2.45) is 0 Å². The molecular formula is C27H27N3O4. The van der Waals surface area contributed by atoms with E-state index in [0.717, 1.165) is 22.0 Å². The summed E-state index contributed by atoms with van der Waals surface area (Å²) in [6, 6.07) is 24.8. The van der Waals surface area contributed by atoms with Crippen molar-refractivity contribution in [3.05, 3.63) is 112 Å². The summed E-state index contributed by atoms with van der Waals surface area (Å²) in [6.07, 6.45) is 2.12. The van der Waals surface area contributed by atoms with Gasteiger partial charge in [0.25, 0.3) is 5.69 Å². The summed E-state index contributed by atoms with van der Waals surface area (Å²) in [4.78, 5) is 24.3. The number of ether oxygens (including phenoxy) is 1. The maximum absolute atomic E-state index is 12.8. The minimum atomic E-state index is -0.480. The molecule has 4 rings (SSSR count). The molecule has 34 heavy (non-hydrogen) atoms. The molecule has 1 atom stereocenters. The first-order chi connectivity index (χ1) is 16.6. The van der Waals surface area contributed by atoms with E-state index < -0.39 is 5.92 Å². The zero-order chi connectivity index (χ0) is 23.9. The van der Waals surface area contributed by atoms with Gasteiger partial charge in [0.2, 0.25) is 5.91 Å². The minimum absolute atomic E-state index is 0.0112. The second kappa shape index (κ2) is 10.8. The number of nitrogens with one attached hydrogen (secondary N) is 1. The smallest absolute Gasteiger partial charge is 0.273 e. The highest BCUT2D eigenvalue weighted by Crippen LogP contribution is 2.38. The highest BCUT2D eigenvalue weighted by Gasteiger charge is 2.28. The molecule has 0 saturated heterocycles. The van der Waals surface area contributed by atoms with Crippen molar-refractivity contribution in [1.29, 1.82) is 0 Å². The number of aromatic nitrogens is 1. The Bertz CT molecular complexity index is 1280. The molecule has 0 spiro atoms. The summed E-state index contributed by atoms with van der Waals surface area (Å²) in [6.45, 7) is 1.44. The van der Waals surface area contributed by atoms with Crippen LogP contribution in [0, 0.1) is 10.1 Å². The molecule has 0 saturated carbocycles. The molecule has 0 fully saturated rings. The number of benzene rings is 3. The van der Waals surface area contributed by atoms with Gasteiger partial charge in [-0.25, -0.2) is 0 Å². The van der Waals surface area contributed by atoms with Gasteiger partial charge in [-0.1, -0.05) is 66.7 Å². The van der Waals surface area contributed by atoms with Crippen molar-refractivity contribution in [3.63, 3.8) is 0 Å². The van der Waals surface area contributed by atoms with Crippen LogP contribution in [0.3, 0.4) is 0 Å². The molecule has 174 valence electrons. The Morgan fingerprint density at radius 3 is 2.47 bits per heavy atom. The molecule has 1 heterocycles. The van der Waals surface area contributed by atoms with Crippen molar-refractivity contribution in [1.82, 2.24) is 9.88 Å². The third kappa shape index (κ3) is 5.15. The first-order valence-corrected chi connectivity index (χ1v) is 11.2. The number of nitrogens with zero attached hydrogens (tertiary/aromatic N) is 2. The first-order valence-electron chi connectivity index (χ1n) is 11.2. The molecule has 0 radical (unpaired) electrons. The molecule has 7 heteroatoms. The lowest BCUT2D eigenvalue weighted by Crippen LogP contribution is -2.28. The number of nitro benzene ring substituents is 1. The van der Waals surface area contributed by atoms with Gasteiger partial charge in [0.1, 0.15) is 0 Å². The van der Waals surface area contributed by atoms with Gasteiger partial charge in [-0.15, -0.1) is 0 Å². The maximum Gasteiger partial charge on any atom is 0.273 e. The van der Waals surface area contributed by atoms with Gasteiger partial charge in [-0.3, -0.25) is 14.9 Å². The molecule has 0 aliphatic heterocycles. The Kier molecular flexibility index (Phi) is 7.34. The van der Waals surface area contributed by atoms with E-state index in [9.17, 15) is 14.9 Å². The molecule has 0 bridgehead atoms. The molecule has 3 aromatic carbocycles. The van der Waals surface area contributed by atoms with Crippen molar-refractivity contribution >= 4 is 22.5 Å². The van der Waals surface area contributed by atoms with E-state index in [1.807, 2.05) is 48.7 Å². The third-order valence-electron chi connectivity index (χ3n) is 5.92. The number of para-hydroxylation sites is 2. The van der Waals surface area contributed by atoms with E-state index in [1.165, 1.54) is 6.07 Å². The van der Waals surface area contributed by atoms with Gasteiger partial charge in [0.15, 0.2) is 0 Å². The predicted molar refractivity (Wildman–Crippen MR) is 132 cm³/mol. The summed E-state index contributed by atoms with van der Waals surface area (Å²) in [7, 11) is 1.57. The summed E-state index contributed by atoms with van der Waals surface area (Å²) in [5, 5.41) is 15.7. The van der Waals surface area contributed by atoms with E-state index in [0.29, 0.717) is 25.3 Å². The summed E-state index contributed by atoms with van der Waals surface area (Å²) in [5.41, 5.74) is 3.59. The van der Waals surface area contributed by atoms with Crippen LogP contribution in [0.2, 0.25) is 0 Å². The fraction of sp³-hybridized carbons (Fsp3) is 0.222. The number of rotatable bonds is 10. The monoisotopic (exact) mass is 457 g/mol.